The third-order valence-electron chi connectivity index (χ3n) is 3.85. The lowest BCUT2D eigenvalue weighted by molar-refractivity contribution is 0.0577. The normalized spacial score (nSPS) is 18.7. The van der Waals surface area contributed by atoms with Crippen molar-refractivity contribution in [3.63, 3.8) is 0 Å². The Morgan fingerprint density at radius 2 is 2.24 bits per heavy atom. The zero-order valence-electron chi connectivity index (χ0n) is 12.1. The predicted molar refractivity (Wildman–Crippen MR) is 77.7 cm³/mol. The van der Waals surface area contributed by atoms with E-state index >= 15 is 0 Å². The Kier molecular flexibility index (Phi) is 3.94. The lowest BCUT2D eigenvalue weighted by Gasteiger charge is -2.35. The molecule has 0 unspecified atom stereocenters. The predicted octanol–water partition coefficient (Wildman–Crippen LogP) is 1.68. The molecule has 1 aliphatic rings. The minimum atomic E-state index is -0.0284. The Bertz CT molecular complexity index is 593. The quantitative estimate of drug-likeness (QED) is 0.860. The van der Waals surface area contributed by atoms with Gasteiger partial charge in [0.15, 0.2) is 0 Å². The molecule has 2 aromatic rings. The first-order valence-electron chi connectivity index (χ1n) is 7.31. The Morgan fingerprint density at radius 1 is 1.33 bits per heavy atom. The molecular weight excluding hydrogens is 266 g/mol. The SMILES string of the molecule is Cc1cnc(C(=O)N2CCCC[C@@H]2Cn2cccn2)cn1. The van der Waals surface area contributed by atoms with Gasteiger partial charge in [0.05, 0.1) is 24.5 Å². The third kappa shape index (κ3) is 3.09. The van der Waals surface area contributed by atoms with E-state index in [2.05, 4.69) is 15.1 Å². The van der Waals surface area contributed by atoms with E-state index < -0.39 is 0 Å². The number of amides is 1. The monoisotopic (exact) mass is 285 g/mol. The highest BCUT2D eigenvalue weighted by Crippen LogP contribution is 2.20. The fourth-order valence-corrected chi connectivity index (χ4v) is 2.73. The van der Waals surface area contributed by atoms with Crippen molar-refractivity contribution in [2.45, 2.75) is 38.8 Å². The molecule has 0 aromatic carbocycles. The van der Waals surface area contributed by atoms with Gasteiger partial charge in [-0.2, -0.15) is 5.10 Å². The number of carbonyl (C=O) groups excluding carboxylic acids is 1. The van der Waals surface area contributed by atoms with Gasteiger partial charge in [-0.3, -0.25) is 14.5 Å². The molecule has 3 heterocycles. The summed E-state index contributed by atoms with van der Waals surface area (Å²) in [6.07, 6.45) is 10.1. The molecule has 1 aliphatic heterocycles. The second kappa shape index (κ2) is 6.03. The molecule has 1 atom stereocenters. The second-order valence-electron chi connectivity index (χ2n) is 5.42. The second-order valence-corrected chi connectivity index (χ2v) is 5.42. The van der Waals surface area contributed by atoms with Crippen molar-refractivity contribution in [2.75, 3.05) is 6.54 Å². The molecule has 2 aromatic heterocycles. The van der Waals surface area contributed by atoms with Crippen LogP contribution >= 0.6 is 0 Å². The van der Waals surface area contributed by atoms with Gasteiger partial charge in [0.1, 0.15) is 5.69 Å². The Morgan fingerprint density at radius 3 is 2.95 bits per heavy atom. The highest BCUT2D eigenvalue weighted by molar-refractivity contribution is 5.92. The topological polar surface area (TPSA) is 63.9 Å². The highest BCUT2D eigenvalue weighted by Gasteiger charge is 2.28. The third-order valence-corrected chi connectivity index (χ3v) is 3.85. The molecule has 6 nitrogen and oxygen atoms in total. The van der Waals surface area contributed by atoms with Gasteiger partial charge in [0.2, 0.25) is 0 Å². The van der Waals surface area contributed by atoms with Gasteiger partial charge in [0.25, 0.3) is 5.91 Å². The summed E-state index contributed by atoms with van der Waals surface area (Å²) in [7, 11) is 0. The summed E-state index contributed by atoms with van der Waals surface area (Å²) in [5.41, 5.74) is 1.24. The molecule has 0 saturated carbocycles. The number of likely N-dealkylation sites (tertiary alicyclic amines) is 1. The van der Waals surface area contributed by atoms with Gasteiger partial charge in [-0.15, -0.1) is 0 Å². The molecule has 1 fully saturated rings. The van der Waals surface area contributed by atoms with Crippen molar-refractivity contribution in [2.24, 2.45) is 0 Å². The largest absolute Gasteiger partial charge is 0.332 e. The van der Waals surface area contributed by atoms with Crippen molar-refractivity contribution < 1.29 is 4.79 Å². The van der Waals surface area contributed by atoms with Gasteiger partial charge in [-0.1, -0.05) is 0 Å². The van der Waals surface area contributed by atoms with Crippen molar-refractivity contribution in [3.05, 3.63) is 42.2 Å². The molecule has 0 spiro atoms. The number of aromatic nitrogens is 4. The van der Waals surface area contributed by atoms with Crippen LogP contribution < -0.4 is 0 Å². The zero-order chi connectivity index (χ0) is 14.7. The van der Waals surface area contributed by atoms with Crippen LogP contribution in [-0.2, 0) is 6.54 Å². The highest BCUT2D eigenvalue weighted by atomic mass is 16.2. The lowest BCUT2D eigenvalue weighted by Crippen LogP contribution is -2.46. The molecule has 0 bridgehead atoms. The van der Waals surface area contributed by atoms with Crippen LogP contribution in [0.25, 0.3) is 0 Å². The standard InChI is InChI=1S/C15H19N5O/c1-12-9-17-14(10-16-12)15(21)20-8-3-2-5-13(20)11-19-7-4-6-18-19/h4,6-7,9-10,13H,2-3,5,8,11H2,1H3/t13-/m1/s1. The minimum Gasteiger partial charge on any atom is -0.332 e. The van der Waals surface area contributed by atoms with Crippen LogP contribution in [0.4, 0.5) is 0 Å². The summed E-state index contributed by atoms with van der Waals surface area (Å²) < 4.78 is 1.89. The summed E-state index contributed by atoms with van der Waals surface area (Å²) in [6, 6.07) is 2.08. The molecule has 110 valence electrons. The van der Waals surface area contributed by atoms with Crippen LogP contribution in [0.5, 0.6) is 0 Å². The van der Waals surface area contributed by atoms with Crippen molar-refractivity contribution >= 4 is 5.91 Å². The molecule has 1 saturated heterocycles. The van der Waals surface area contributed by atoms with E-state index in [0.717, 1.165) is 38.0 Å². The Labute approximate surface area is 123 Å². The van der Waals surface area contributed by atoms with Crippen LogP contribution in [0.1, 0.15) is 35.4 Å². The van der Waals surface area contributed by atoms with E-state index in [9.17, 15) is 4.79 Å². The van der Waals surface area contributed by atoms with Crippen LogP contribution in [0.2, 0.25) is 0 Å². The summed E-state index contributed by atoms with van der Waals surface area (Å²) in [4.78, 5) is 22.9. The Balaban J connectivity index is 1.77. The Hall–Kier alpha value is -2.24. The smallest absolute Gasteiger partial charge is 0.274 e. The summed E-state index contributed by atoms with van der Waals surface area (Å²) in [5, 5.41) is 4.24. The van der Waals surface area contributed by atoms with Gasteiger partial charge in [-0.25, -0.2) is 4.98 Å². The molecule has 21 heavy (non-hydrogen) atoms. The van der Waals surface area contributed by atoms with Gasteiger partial charge >= 0.3 is 0 Å². The van der Waals surface area contributed by atoms with Crippen LogP contribution in [-0.4, -0.2) is 43.1 Å². The van der Waals surface area contributed by atoms with E-state index in [4.69, 9.17) is 0 Å². The number of piperidine rings is 1. The fourth-order valence-electron chi connectivity index (χ4n) is 2.73. The molecular formula is C15H19N5O. The number of aryl methyl sites for hydroxylation is 1. The molecule has 6 heteroatoms. The number of hydrogen-bond donors (Lipinski definition) is 0. The van der Waals surface area contributed by atoms with E-state index in [-0.39, 0.29) is 11.9 Å². The van der Waals surface area contributed by atoms with E-state index in [0.29, 0.717) is 5.69 Å². The molecule has 0 radical (unpaired) electrons. The first-order valence-corrected chi connectivity index (χ1v) is 7.31. The van der Waals surface area contributed by atoms with E-state index in [1.165, 1.54) is 0 Å². The fraction of sp³-hybridized carbons (Fsp3) is 0.467. The summed E-state index contributed by atoms with van der Waals surface area (Å²) >= 11 is 0. The number of carbonyl (C=O) groups is 1. The van der Waals surface area contributed by atoms with Gasteiger partial charge < -0.3 is 4.90 Å². The van der Waals surface area contributed by atoms with Crippen LogP contribution in [0.3, 0.4) is 0 Å². The summed E-state index contributed by atoms with van der Waals surface area (Å²) in [6.45, 7) is 3.38. The van der Waals surface area contributed by atoms with Gasteiger partial charge in [-0.05, 0) is 32.3 Å². The van der Waals surface area contributed by atoms with Crippen molar-refractivity contribution in [3.8, 4) is 0 Å². The average molecular weight is 285 g/mol. The maximum absolute atomic E-state index is 12.6. The van der Waals surface area contributed by atoms with Crippen LogP contribution in [0.15, 0.2) is 30.9 Å². The zero-order valence-corrected chi connectivity index (χ0v) is 12.1. The number of hydrogen-bond acceptors (Lipinski definition) is 4. The molecule has 1 amide bonds. The molecule has 0 aliphatic carbocycles. The first-order chi connectivity index (χ1) is 10.2. The van der Waals surface area contributed by atoms with Crippen molar-refractivity contribution in [1.29, 1.82) is 0 Å². The number of nitrogens with zero attached hydrogens (tertiary/aromatic N) is 5. The van der Waals surface area contributed by atoms with Crippen molar-refractivity contribution in [1.82, 2.24) is 24.6 Å². The molecule has 3 rings (SSSR count). The maximum Gasteiger partial charge on any atom is 0.274 e. The minimum absolute atomic E-state index is 0.0284. The molecule has 0 N–H and O–H groups in total. The van der Waals surface area contributed by atoms with Crippen LogP contribution in [0, 0.1) is 6.92 Å². The number of rotatable bonds is 3. The lowest BCUT2D eigenvalue weighted by atomic mass is 10.0. The first kappa shape index (κ1) is 13.7. The maximum atomic E-state index is 12.6. The van der Waals surface area contributed by atoms with Gasteiger partial charge in [0, 0.05) is 25.1 Å². The van der Waals surface area contributed by atoms with E-state index in [1.54, 1.807) is 18.6 Å². The van der Waals surface area contributed by atoms with E-state index in [1.807, 2.05) is 28.8 Å². The summed E-state index contributed by atoms with van der Waals surface area (Å²) in [5.74, 6) is -0.0284. The average Bonchev–Trinajstić information content (AvgIpc) is 3.01.